The number of aryl methyl sites for hydroxylation is 3. The number of rotatable bonds is 39. The van der Waals surface area contributed by atoms with Gasteiger partial charge in [-0.3, -0.25) is 15.0 Å². The van der Waals surface area contributed by atoms with Crippen LogP contribution in [0.3, 0.4) is 0 Å². The molecule has 17 nitrogen and oxygen atoms in total. The van der Waals surface area contributed by atoms with Crippen molar-refractivity contribution in [3.8, 4) is 0 Å². The largest absolute Gasteiger partial charge is 0.466 e. The number of nitrogens with one attached hydrogen (secondary N) is 3. The van der Waals surface area contributed by atoms with Crippen molar-refractivity contribution in [1.82, 2.24) is 29.7 Å². The lowest BCUT2D eigenvalue weighted by molar-refractivity contribution is 0.261. The fourth-order valence-electron chi connectivity index (χ4n) is 13.9. The average Bonchev–Trinajstić information content (AvgIpc) is 0.792. The molecule has 0 spiro atoms. The second-order valence-electron chi connectivity index (χ2n) is 27.5. The zero-order valence-electron chi connectivity index (χ0n) is 61.7. The number of fused-ring (bicyclic) bond motifs is 6. The van der Waals surface area contributed by atoms with Crippen molar-refractivity contribution in [2.45, 2.75) is 253 Å². The van der Waals surface area contributed by atoms with Gasteiger partial charge in [0, 0.05) is 85.0 Å². The van der Waals surface area contributed by atoms with Crippen molar-refractivity contribution < 1.29 is 38.5 Å². The van der Waals surface area contributed by atoms with Crippen LogP contribution in [-0.2, 0) is 47.7 Å². The number of unbranched alkanes of at least 4 members (excludes halogenated alkanes) is 12. The number of hydrogen-bond donors (Lipinski definition) is 9. The van der Waals surface area contributed by atoms with Crippen molar-refractivity contribution in [3.63, 3.8) is 0 Å². The van der Waals surface area contributed by atoms with Gasteiger partial charge in [-0.15, -0.1) is 0 Å². The molecule has 0 radical (unpaired) electrons. The Balaban J connectivity index is 0.000000252. The van der Waals surface area contributed by atoms with Gasteiger partial charge >= 0.3 is 15.6 Å². The third-order valence-corrected chi connectivity index (χ3v) is 19.7. The lowest BCUT2D eigenvalue weighted by atomic mass is 9.92. The summed E-state index contributed by atoms with van der Waals surface area (Å²) in [6.45, 7) is 27.8. The molecule has 3 aromatic heterocycles. The molecular formula is C78H126Cl3N9O8P2. The fourth-order valence-corrected chi connectivity index (χ4v) is 14.4. The van der Waals surface area contributed by atoms with Gasteiger partial charge in [0.1, 0.15) is 0 Å². The highest BCUT2D eigenvalue weighted by atomic mass is 35.5. The lowest BCUT2D eigenvalue weighted by Crippen LogP contribution is -2.28. The molecule has 0 saturated carbocycles. The summed E-state index contributed by atoms with van der Waals surface area (Å²) in [7, 11) is -9.28. The fraction of sp³-hybridized carbons (Fsp3) is 0.654. The van der Waals surface area contributed by atoms with E-state index in [0.29, 0.717) is 0 Å². The van der Waals surface area contributed by atoms with E-state index in [4.69, 9.17) is 88.2 Å². The first-order valence-corrected chi connectivity index (χ1v) is 42.7. The Morgan fingerprint density at radius 3 is 0.770 bits per heavy atom. The van der Waals surface area contributed by atoms with E-state index in [2.05, 4.69) is 109 Å². The van der Waals surface area contributed by atoms with Gasteiger partial charge < -0.3 is 60.0 Å². The molecule has 100 heavy (non-hydrogen) atoms. The van der Waals surface area contributed by atoms with E-state index in [1.54, 1.807) is 0 Å². The van der Waals surface area contributed by atoms with Gasteiger partial charge in [0.15, 0.2) is 0 Å². The minimum atomic E-state index is -4.64. The molecule has 0 bridgehead atoms. The summed E-state index contributed by atoms with van der Waals surface area (Å²) in [5.41, 5.74) is 15.3. The molecule has 9 N–H and O–H groups in total. The van der Waals surface area contributed by atoms with Crippen LogP contribution in [0.15, 0.2) is 54.6 Å². The molecule has 3 heterocycles. The quantitative estimate of drug-likeness (QED) is 0.0129. The first kappa shape index (κ1) is 86.9. The second kappa shape index (κ2) is 49.1. The maximum absolute atomic E-state index is 8.88. The number of hydrogen-bond acceptors (Lipinski definition) is 11. The van der Waals surface area contributed by atoms with Gasteiger partial charge in [-0.2, -0.15) is 0 Å². The molecule has 3 aromatic carbocycles. The first-order chi connectivity index (χ1) is 48.2. The topological polar surface area (TPSA) is 240 Å². The molecule has 6 aromatic rings. The molecule has 0 fully saturated rings. The van der Waals surface area contributed by atoms with E-state index in [9.17, 15) is 0 Å². The van der Waals surface area contributed by atoms with Gasteiger partial charge in [0.05, 0.1) is 16.6 Å². The molecule has 0 aliphatic heterocycles. The highest BCUT2D eigenvalue weighted by Crippen LogP contribution is 2.38. The SMILES string of the molecule is CCCCCN(CCCCC)CCCNc1c2c(nc3ccc(Cl)cc13)CCCC2.CCCCCN(CCCCC)CCCNc1c2c(nc3ccc(Cl)cc13)CCCC2.CCCCCN(CCCCC)CCCNc1c2c(nc3ccc(Cl)cc13)CCCC2.O=P(O)(O)O.O=P(O)(O)O. The molecule has 22 heteroatoms. The Morgan fingerprint density at radius 2 is 0.550 bits per heavy atom. The zero-order chi connectivity index (χ0) is 72.6. The molecule has 0 amide bonds. The number of nitrogens with zero attached hydrogens (tertiary/aromatic N) is 6. The van der Waals surface area contributed by atoms with E-state index in [1.165, 1.54) is 299 Å². The first-order valence-electron chi connectivity index (χ1n) is 38.5. The normalized spacial score (nSPS) is 13.5. The standard InChI is InChI=1S/3C26H40ClN3.2H3O4P/c3*1-3-5-9-17-30(18-10-6-4-2)19-11-16-28-26-22-12-7-8-13-24(22)29-25-15-14-21(27)20-23(25)26;2*1-5(2,3)4/h3*14-15,20H,3-13,16-19H2,1-2H3,(H,28,29);2*(H3,1,2,3,4). The van der Waals surface area contributed by atoms with E-state index in [0.717, 1.165) is 89.8 Å². The number of benzene rings is 3. The summed E-state index contributed by atoms with van der Waals surface area (Å²) < 4.78 is 17.8. The van der Waals surface area contributed by atoms with Crippen LogP contribution >= 0.6 is 50.4 Å². The summed E-state index contributed by atoms with van der Waals surface area (Å²) >= 11 is 19.0. The van der Waals surface area contributed by atoms with E-state index < -0.39 is 15.6 Å². The van der Waals surface area contributed by atoms with E-state index >= 15 is 0 Å². The van der Waals surface area contributed by atoms with Crippen LogP contribution in [0.2, 0.25) is 15.1 Å². The summed E-state index contributed by atoms with van der Waals surface area (Å²) in [6.07, 6.45) is 41.6. The molecule has 3 aliphatic rings. The highest BCUT2D eigenvalue weighted by Gasteiger charge is 2.22. The number of aromatic nitrogens is 3. The Morgan fingerprint density at radius 1 is 0.340 bits per heavy atom. The molecule has 0 saturated heterocycles. The minimum Gasteiger partial charge on any atom is -0.384 e. The van der Waals surface area contributed by atoms with Crippen molar-refractivity contribution in [2.24, 2.45) is 0 Å². The van der Waals surface area contributed by atoms with Crippen molar-refractivity contribution in [1.29, 1.82) is 0 Å². The van der Waals surface area contributed by atoms with Crippen LogP contribution in [0.1, 0.15) is 249 Å². The van der Waals surface area contributed by atoms with E-state index in [1.807, 2.05) is 18.2 Å². The van der Waals surface area contributed by atoms with Gasteiger partial charge in [-0.25, -0.2) is 9.13 Å². The van der Waals surface area contributed by atoms with Gasteiger partial charge in [0.25, 0.3) is 0 Å². The molecule has 9 rings (SSSR count). The van der Waals surface area contributed by atoms with Crippen LogP contribution in [-0.4, -0.2) is 138 Å². The Bertz CT molecular complexity index is 3010. The Kier molecular flexibility index (Phi) is 42.7. The van der Waals surface area contributed by atoms with Gasteiger partial charge in [-0.05, 0) is 265 Å². The molecule has 3 aliphatic carbocycles. The highest BCUT2D eigenvalue weighted by molar-refractivity contribution is 7.45. The molecular weight excluding hydrogens is 1360 g/mol. The summed E-state index contributed by atoms with van der Waals surface area (Å²) in [5.74, 6) is 0. The predicted octanol–water partition coefficient (Wildman–Crippen LogP) is 19.9. The molecule has 0 atom stereocenters. The smallest absolute Gasteiger partial charge is 0.384 e. The Labute approximate surface area is 616 Å². The van der Waals surface area contributed by atoms with Gasteiger partial charge in [-0.1, -0.05) is 153 Å². The van der Waals surface area contributed by atoms with Crippen LogP contribution < -0.4 is 16.0 Å². The number of pyridine rings is 3. The van der Waals surface area contributed by atoms with Crippen LogP contribution in [0, 0.1) is 0 Å². The number of anilines is 3. The van der Waals surface area contributed by atoms with E-state index in [-0.39, 0.29) is 0 Å². The van der Waals surface area contributed by atoms with Crippen molar-refractivity contribution in [3.05, 3.63) is 103 Å². The van der Waals surface area contributed by atoms with Crippen molar-refractivity contribution >= 4 is 100 Å². The number of halogens is 3. The van der Waals surface area contributed by atoms with Crippen LogP contribution in [0.5, 0.6) is 0 Å². The van der Waals surface area contributed by atoms with Crippen LogP contribution in [0.25, 0.3) is 32.7 Å². The zero-order valence-corrected chi connectivity index (χ0v) is 65.8. The third-order valence-electron chi connectivity index (χ3n) is 19.0. The predicted molar refractivity (Wildman–Crippen MR) is 425 cm³/mol. The van der Waals surface area contributed by atoms with Gasteiger partial charge in [0.2, 0.25) is 0 Å². The molecule has 0 unspecified atom stereocenters. The monoisotopic (exact) mass is 1480 g/mol. The summed E-state index contributed by atoms with van der Waals surface area (Å²) in [4.78, 5) is 66.0. The average molecular weight is 1490 g/mol. The Hall–Kier alpha value is -3.74. The maximum atomic E-state index is 8.88. The maximum Gasteiger partial charge on any atom is 0.466 e. The minimum absolute atomic E-state index is 0.793. The number of phosphoric acid groups is 2. The summed E-state index contributed by atoms with van der Waals surface area (Å²) in [6, 6.07) is 18.3. The third kappa shape index (κ3) is 34.0. The second-order valence-corrected chi connectivity index (χ2v) is 30.8. The molecule has 562 valence electrons. The van der Waals surface area contributed by atoms with Crippen molar-refractivity contribution in [2.75, 3.05) is 94.5 Å². The summed E-state index contributed by atoms with van der Waals surface area (Å²) in [5, 5.41) is 17.4. The van der Waals surface area contributed by atoms with Crippen LogP contribution in [0.4, 0.5) is 17.1 Å². The lowest BCUT2D eigenvalue weighted by Gasteiger charge is -2.24.